The Kier molecular flexibility index (Phi) is 8.44. The summed E-state index contributed by atoms with van der Waals surface area (Å²) in [6.07, 6.45) is 7.09. The molecule has 9 nitrogen and oxygen atoms in total. The minimum absolute atomic E-state index is 0.0126. The minimum atomic E-state index is -0.880. The van der Waals surface area contributed by atoms with E-state index in [1.54, 1.807) is 0 Å². The second-order valence-corrected chi connectivity index (χ2v) is 8.87. The Morgan fingerprint density at radius 1 is 1.26 bits per heavy atom. The van der Waals surface area contributed by atoms with E-state index in [9.17, 15) is 9.90 Å². The number of hydrogen-bond acceptors (Lipinski definition) is 8. The van der Waals surface area contributed by atoms with E-state index in [-0.39, 0.29) is 13.2 Å². The summed E-state index contributed by atoms with van der Waals surface area (Å²) >= 11 is 0. The normalized spacial score (nSPS) is 14.7. The van der Waals surface area contributed by atoms with E-state index in [0.29, 0.717) is 29.8 Å². The molecule has 3 N–H and O–H groups in total. The van der Waals surface area contributed by atoms with Gasteiger partial charge in [0.15, 0.2) is 5.82 Å². The number of nitrogens with zero attached hydrogens (tertiary/aromatic N) is 3. The number of aromatic nitrogens is 3. The molecule has 2 heterocycles. The lowest BCUT2D eigenvalue weighted by Gasteiger charge is -2.15. The van der Waals surface area contributed by atoms with Gasteiger partial charge in [0.25, 0.3) is 5.89 Å². The maximum Gasteiger partial charge on any atom is 0.258 e. The molecular weight excluding hydrogens is 448 g/mol. The van der Waals surface area contributed by atoms with Crippen LogP contribution in [-0.2, 0) is 17.6 Å². The van der Waals surface area contributed by atoms with Crippen LogP contribution in [0.5, 0.6) is 5.75 Å². The van der Waals surface area contributed by atoms with Gasteiger partial charge >= 0.3 is 0 Å². The number of aryl methyl sites for hydroxylation is 1. The molecule has 1 fully saturated rings. The minimum Gasteiger partial charge on any atom is -0.491 e. The van der Waals surface area contributed by atoms with Gasteiger partial charge in [-0.15, -0.1) is 0 Å². The lowest BCUT2D eigenvalue weighted by atomic mass is 10.0. The molecule has 9 heteroatoms. The molecule has 1 aromatic carbocycles. The first kappa shape index (κ1) is 24.8. The van der Waals surface area contributed by atoms with Crippen LogP contribution in [0.3, 0.4) is 0 Å². The lowest BCUT2D eigenvalue weighted by Crippen LogP contribution is -2.36. The van der Waals surface area contributed by atoms with Crippen molar-refractivity contribution in [3.8, 4) is 17.2 Å². The van der Waals surface area contributed by atoms with Crippen molar-refractivity contribution in [2.24, 2.45) is 0 Å². The van der Waals surface area contributed by atoms with Crippen LogP contribution in [-0.4, -0.2) is 57.1 Å². The van der Waals surface area contributed by atoms with E-state index < -0.39 is 18.6 Å². The molecule has 35 heavy (non-hydrogen) atoms. The summed E-state index contributed by atoms with van der Waals surface area (Å²) in [5.74, 6) is 1.76. The van der Waals surface area contributed by atoms with Crippen LogP contribution in [0.2, 0.25) is 0 Å². The fraction of sp³-hybridized carbons (Fsp3) is 0.462. The third-order valence-corrected chi connectivity index (χ3v) is 6.25. The van der Waals surface area contributed by atoms with Gasteiger partial charge in [-0.05, 0) is 48.6 Å². The molecule has 1 amide bonds. The molecule has 0 aliphatic heterocycles. The predicted molar refractivity (Wildman–Crippen MR) is 129 cm³/mol. The third kappa shape index (κ3) is 6.64. The number of hydrogen-bond donors (Lipinski definition) is 3. The summed E-state index contributed by atoms with van der Waals surface area (Å²) < 4.78 is 11.3. The Hall–Kier alpha value is -3.30. The highest BCUT2D eigenvalue weighted by Gasteiger charge is 2.20. The number of pyridine rings is 1. The molecule has 0 unspecified atom stereocenters. The number of aliphatic hydroxyl groups excluding tert-OH is 2. The number of aliphatic hydroxyl groups is 2. The van der Waals surface area contributed by atoms with Crippen molar-refractivity contribution >= 4 is 5.91 Å². The van der Waals surface area contributed by atoms with Gasteiger partial charge in [0, 0.05) is 36.3 Å². The van der Waals surface area contributed by atoms with Crippen LogP contribution in [0.25, 0.3) is 11.5 Å². The summed E-state index contributed by atoms with van der Waals surface area (Å²) in [5.41, 5.74) is 4.02. The molecule has 0 spiro atoms. The zero-order valence-corrected chi connectivity index (χ0v) is 19.9. The molecule has 0 radical (unpaired) electrons. The van der Waals surface area contributed by atoms with Crippen molar-refractivity contribution in [1.29, 1.82) is 0 Å². The first-order valence-electron chi connectivity index (χ1n) is 12.1. The van der Waals surface area contributed by atoms with Crippen molar-refractivity contribution in [3.05, 3.63) is 59.2 Å². The number of carbonyl (C=O) groups is 1. The van der Waals surface area contributed by atoms with E-state index in [0.717, 1.165) is 28.8 Å². The summed E-state index contributed by atoms with van der Waals surface area (Å²) in [6, 6.07) is 9.81. The van der Waals surface area contributed by atoms with E-state index in [4.69, 9.17) is 14.4 Å². The molecule has 1 aliphatic carbocycles. The van der Waals surface area contributed by atoms with Gasteiger partial charge in [0.2, 0.25) is 5.91 Å². The van der Waals surface area contributed by atoms with E-state index >= 15 is 0 Å². The summed E-state index contributed by atoms with van der Waals surface area (Å²) in [4.78, 5) is 20.2. The maximum atomic E-state index is 11.1. The molecular formula is C26H32N4O5. The average Bonchev–Trinajstić information content (AvgIpc) is 3.59. The highest BCUT2D eigenvalue weighted by atomic mass is 16.5. The molecule has 1 atom stereocenters. The Balaban J connectivity index is 1.37. The van der Waals surface area contributed by atoms with Crippen molar-refractivity contribution in [3.63, 3.8) is 0 Å². The van der Waals surface area contributed by atoms with Gasteiger partial charge in [-0.2, -0.15) is 4.98 Å². The molecule has 0 bridgehead atoms. The molecule has 4 rings (SSSR count). The van der Waals surface area contributed by atoms with Gasteiger partial charge in [-0.3, -0.25) is 9.78 Å². The molecule has 2 aromatic heterocycles. The average molecular weight is 481 g/mol. The zero-order valence-electron chi connectivity index (χ0n) is 19.9. The second-order valence-electron chi connectivity index (χ2n) is 8.87. The Bertz CT molecular complexity index is 1130. The summed E-state index contributed by atoms with van der Waals surface area (Å²) in [6.45, 7) is 1.46. The van der Waals surface area contributed by atoms with Crippen LogP contribution in [0.15, 0.2) is 41.1 Å². The molecule has 1 saturated carbocycles. The Morgan fingerprint density at radius 3 is 2.86 bits per heavy atom. The van der Waals surface area contributed by atoms with Gasteiger partial charge in [0.05, 0.1) is 0 Å². The number of amides is 1. The number of nitrogens with one attached hydrogen (secondary N) is 1. The number of carbonyl (C=O) groups excluding carboxylic acids is 1. The molecule has 0 saturated heterocycles. The highest BCUT2D eigenvalue weighted by Crippen LogP contribution is 2.34. The van der Waals surface area contributed by atoms with Crippen molar-refractivity contribution < 1.29 is 24.3 Å². The smallest absolute Gasteiger partial charge is 0.258 e. The summed E-state index contributed by atoms with van der Waals surface area (Å²) in [7, 11) is 0. The lowest BCUT2D eigenvalue weighted by molar-refractivity contribution is -0.124. The number of ether oxygens (including phenoxy) is 1. The Morgan fingerprint density at radius 2 is 2.09 bits per heavy atom. The van der Waals surface area contributed by atoms with Crippen molar-refractivity contribution in [2.75, 3.05) is 19.8 Å². The fourth-order valence-electron chi connectivity index (χ4n) is 4.34. The van der Waals surface area contributed by atoms with Crippen molar-refractivity contribution in [2.45, 2.75) is 57.5 Å². The van der Waals surface area contributed by atoms with Crippen LogP contribution in [0.4, 0.5) is 0 Å². The third-order valence-electron chi connectivity index (χ3n) is 6.25. The number of benzene rings is 1. The van der Waals surface area contributed by atoms with Gasteiger partial charge in [-0.25, -0.2) is 0 Å². The first-order valence-corrected chi connectivity index (χ1v) is 12.1. The Labute approximate surface area is 204 Å². The van der Waals surface area contributed by atoms with E-state index in [1.807, 2.05) is 37.4 Å². The van der Waals surface area contributed by atoms with Gasteiger partial charge in [0.1, 0.15) is 25.1 Å². The predicted octanol–water partition coefficient (Wildman–Crippen LogP) is 2.79. The van der Waals surface area contributed by atoms with Crippen LogP contribution < -0.4 is 10.1 Å². The monoisotopic (exact) mass is 480 g/mol. The summed E-state index contributed by atoms with van der Waals surface area (Å²) in [5, 5.41) is 25.3. The fourth-order valence-corrected chi connectivity index (χ4v) is 4.34. The standard InChI is InChI=1S/C26H32N4O5/c1-2-18-11-17(7-8-23(18)34-16-21(32)14-28-25(33)15-31)12-24-29-26(35-30-24)20-9-10-27-22(13-20)19-5-3-4-6-19/h7-11,13,19,21,31-32H,2-6,12,14-16H2,1H3,(H,28,33)/t21-/m0/s1. The topological polar surface area (TPSA) is 131 Å². The van der Waals surface area contributed by atoms with Crippen LogP contribution in [0, 0.1) is 0 Å². The van der Waals surface area contributed by atoms with E-state index in [2.05, 4.69) is 26.5 Å². The van der Waals surface area contributed by atoms with Gasteiger partial charge in [-0.1, -0.05) is 37.1 Å². The van der Waals surface area contributed by atoms with Crippen LogP contribution in [0.1, 0.15) is 61.2 Å². The maximum absolute atomic E-state index is 11.1. The molecule has 1 aliphatic rings. The van der Waals surface area contributed by atoms with E-state index in [1.165, 1.54) is 25.7 Å². The molecule has 3 aromatic rings. The highest BCUT2D eigenvalue weighted by molar-refractivity contribution is 5.76. The quantitative estimate of drug-likeness (QED) is 0.382. The second kappa shape index (κ2) is 11.9. The van der Waals surface area contributed by atoms with Crippen LogP contribution >= 0.6 is 0 Å². The number of rotatable bonds is 11. The largest absolute Gasteiger partial charge is 0.491 e. The first-order chi connectivity index (χ1) is 17.1. The van der Waals surface area contributed by atoms with Gasteiger partial charge < -0.3 is 24.8 Å². The van der Waals surface area contributed by atoms with Crippen molar-refractivity contribution in [1.82, 2.24) is 20.4 Å². The zero-order chi connectivity index (χ0) is 24.6. The molecule has 186 valence electrons. The SMILES string of the molecule is CCc1cc(Cc2noc(-c3ccnc(C4CCCC4)c3)n2)ccc1OC[C@@H](O)CNC(=O)CO.